The Hall–Kier alpha value is -3.05. The zero-order valence-corrected chi connectivity index (χ0v) is 14.2. The Bertz CT molecular complexity index is 980. The molecule has 0 saturated carbocycles. The Balaban J connectivity index is 1.93. The number of nitrogens with two attached hydrogens (primary N) is 1. The second kappa shape index (κ2) is 5.79. The molecule has 0 unspecified atom stereocenters. The number of carbonyl (C=O) groups excluding carboxylic acids is 1. The molecule has 0 bridgehead atoms. The number of hydrogen-bond acceptors (Lipinski definition) is 5. The van der Waals surface area contributed by atoms with Crippen LogP contribution in [0.2, 0.25) is 0 Å². The maximum atomic E-state index is 13.0. The molecule has 0 fully saturated rings. The van der Waals surface area contributed by atoms with Crippen molar-refractivity contribution in [3.8, 4) is 22.5 Å². The number of aromatic nitrogens is 2. The minimum atomic E-state index is -0.0414. The van der Waals surface area contributed by atoms with E-state index in [4.69, 9.17) is 5.73 Å². The first-order valence-electron chi connectivity index (χ1n) is 8.10. The second-order valence-corrected chi connectivity index (χ2v) is 6.47. The molecule has 0 saturated heterocycles. The van der Waals surface area contributed by atoms with Crippen molar-refractivity contribution < 1.29 is 4.79 Å². The van der Waals surface area contributed by atoms with Gasteiger partial charge in [-0.3, -0.25) is 4.79 Å². The van der Waals surface area contributed by atoms with Crippen molar-refractivity contribution in [1.29, 1.82) is 0 Å². The lowest BCUT2D eigenvalue weighted by Gasteiger charge is -2.11. The summed E-state index contributed by atoms with van der Waals surface area (Å²) < 4.78 is 0. The number of carbonyl (C=O) groups is 1. The summed E-state index contributed by atoms with van der Waals surface area (Å²) in [6, 6.07) is 15.5. The van der Waals surface area contributed by atoms with Crippen LogP contribution in [0.15, 0.2) is 48.5 Å². The van der Waals surface area contributed by atoms with Gasteiger partial charge in [0.2, 0.25) is 5.95 Å². The highest BCUT2D eigenvalue weighted by Gasteiger charge is 2.32. The summed E-state index contributed by atoms with van der Waals surface area (Å²) in [5.74, 6) is 0.136. The first-order valence-corrected chi connectivity index (χ1v) is 8.10. The van der Waals surface area contributed by atoms with Crippen LogP contribution in [0.1, 0.15) is 21.5 Å². The number of nitrogen functional groups attached to an aromatic ring is 1. The smallest absolute Gasteiger partial charge is 0.221 e. The number of hydrogen-bond donors (Lipinski definition) is 1. The monoisotopic (exact) mass is 330 g/mol. The maximum absolute atomic E-state index is 13.0. The Morgan fingerprint density at radius 1 is 0.960 bits per heavy atom. The fourth-order valence-electron chi connectivity index (χ4n) is 3.28. The van der Waals surface area contributed by atoms with Gasteiger partial charge in [0.1, 0.15) is 0 Å². The van der Waals surface area contributed by atoms with E-state index in [1.807, 2.05) is 62.6 Å². The van der Waals surface area contributed by atoms with Crippen LogP contribution in [0.25, 0.3) is 22.5 Å². The fourth-order valence-corrected chi connectivity index (χ4v) is 3.28. The number of anilines is 1. The lowest BCUT2D eigenvalue weighted by atomic mass is 10.0. The highest BCUT2D eigenvalue weighted by atomic mass is 16.1. The van der Waals surface area contributed by atoms with Gasteiger partial charge in [-0.05, 0) is 25.7 Å². The molecule has 5 nitrogen and oxygen atoms in total. The van der Waals surface area contributed by atoms with Crippen LogP contribution in [-0.4, -0.2) is 34.7 Å². The van der Waals surface area contributed by atoms with E-state index in [9.17, 15) is 4.79 Å². The van der Waals surface area contributed by atoms with Crippen molar-refractivity contribution in [1.82, 2.24) is 14.9 Å². The molecule has 2 N–H and O–H groups in total. The van der Waals surface area contributed by atoms with Gasteiger partial charge >= 0.3 is 0 Å². The molecule has 0 spiro atoms. The Morgan fingerprint density at radius 2 is 1.68 bits per heavy atom. The molecule has 25 heavy (non-hydrogen) atoms. The molecule has 124 valence electrons. The first kappa shape index (κ1) is 15.5. The zero-order valence-electron chi connectivity index (χ0n) is 14.2. The Morgan fingerprint density at radius 3 is 2.40 bits per heavy atom. The largest absolute Gasteiger partial charge is 0.368 e. The third kappa shape index (κ3) is 2.58. The van der Waals surface area contributed by atoms with Crippen LogP contribution in [0.4, 0.5) is 5.95 Å². The summed E-state index contributed by atoms with van der Waals surface area (Å²) in [4.78, 5) is 23.8. The molecule has 0 atom stereocenters. The van der Waals surface area contributed by atoms with E-state index >= 15 is 0 Å². The van der Waals surface area contributed by atoms with Gasteiger partial charge < -0.3 is 10.6 Å². The molecular weight excluding hydrogens is 312 g/mol. The molecular formula is C20H18N4O. The van der Waals surface area contributed by atoms with Crippen molar-refractivity contribution in [2.75, 3.05) is 19.8 Å². The van der Waals surface area contributed by atoms with Crippen molar-refractivity contribution in [2.24, 2.45) is 0 Å². The van der Waals surface area contributed by atoms with Crippen LogP contribution < -0.4 is 5.73 Å². The van der Waals surface area contributed by atoms with Crippen LogP contribution >= 0.6 is 0 Å². The summed E-state index contributed by atoms with van der Waals surface area (Å²) >= 11 is 0. The van der Waals surface area contributed by atoms with Crippen molar-refractivity contribution >= 4 is 11.7 Å². The number of ketones is 1. The third-order valence-electron chi connectivity index (χ3n) is 4.28. The first-order chi connectivity index (χ1) is 12.0. The summed E-state index contributed by atoms with van der Waals surface area (Å²) in [5, 5.41) is 0. The molecule has 1 aromatic heterocycles. The number of nitrogens with zero attached hydrogens (tertiary/aromatic N) is 3. The quantitative estimate of drug-likeness (QED) is 0.625. The Labute approximate surface area is 146 Å². The summed E-state index contributed by atoms with van der Waals surface area (Å²) in [7, 11) is 4.03. The molecule has 1 aliphatic rings. The van der Waals surface area contributed by atoms with Gasteiger partial charge in [0.05, 0.1) is 17.0 Å². The van der Waals surface area contributed by atoms with Crippen LogP contribution in [0, 0.1) is 0 Å². The van der Waals surface area contributed by atoms with E-state index in [2.05, 4.69) is 14.9 Å². The van der Waals surface area contributed by atoms with E-state index in [0.29, 0.717) is 22.5 Å². The van der Waals surface area contributed by atoms with Crippen molar-refractivity contribution in [2.45, 2.75) is 6.54 Å². The van der Waals surface area contributed by atoms with Gasteiger partial charge in [0.25, 0.3) is 0 Å². The lowest BCUT2D eigenvalue weighted by Crippen LogP contribution is -2.10. The molecule has 0 amide bonds. The highest BCUT2D eigenvalue weighted by molar-refractivity contribution is 6.23. The molecule has 5 heteroatoms. The number of rotatable bonds is 3. The van der Waals surface area contributed by atoms with E-state index in [1.165, 1.54) is 0 Å². The minimum absolute atomic E-state index is 0.0414. The zero-order chi connectivity index (χ0) is 17.6. The van der Waals surface area contributed by atoms with Crippen LogP contribution in [-0.2, 0) is 6.54 Å². The molecule has 0 radical (unpaired) electrons. The van der Waals surface area contributed by atoms with Gasteiger partial charge in [-0.2, -0.15) is 0 Å². The van der Waals surface area contributed by atoms with E-state index in [-0.39, 0.29) is 11.7 Å². The van der Waals surface area contributed by atoms with Gasteiger partial charge in [0, 0.05) is 23.2 Å². The number of fused-ring (bicyclic) bond motifs is 3. The highest BCUT2D eigenvalue weighted by Crippen LogP contribution is 2.40. The average Bonchev–Trinajstić information content (AvgIpc) is 2.87. The molecule has 4 rings (SSSR count). The maximum Gasteiger partial charge on any atom is 0.221 e. The summed E-state index contributed by atoms with van der Waals surface area (Å²) in [6.45, 7) is 0.795. The van der Waals surface area contributed by atoms with Crippen LogP contribution in [0.3, 0.4) is 0 Å². The third-order valence-corrected chi connectivity index (χ3v) is 4.28. The van der Waals surface area contributed by atoms with E-state index in [1.54, 1.807) is 0 Å². The number of benzene rings is 2. The van der Waals surface area contributed by atoms with Gasteiger partial charge in [0.15, 0.2) is 5.78 Å². The van der Waals surface area contributed by atoms with Crippen molar-refractivity contribution in [3.05, 3.63) is 65.2 Å². The van der Waals surface area contributed by atoms with E-state index in [0.717, 1.165) is 23.2 Å². The summed E-state index contributed by atoms with van der Waals surface area (Å²) in [5.41, 5.74) is 11.2. The Kier molecular flexibility index (Phi) is 3.58. The molecule has 1 heterocycles. The normalized spacial score (nSPS) is 12.4. The minimum Gasteiger partial charge on any atom is -0.368 e. The van der Waals surface area contributed by atoms with Crippen LogP contribution in [0.5, 0.6) is 0 Å². The molecule has 2 aromatic carbocycles. The molecule has 1 aliphatic carbocycles. The molecule has 3 aromatic rings. The standard InChI is InChI=1S/C20H18N4O/c1-24(2)11-12-8-9-14-15(10-12)18-16(19(14)25)17(22-20(21)23-18)13-6-4-3-5-7-13/h3-10H,11H2,1-2H3,(H2,21,22,23). The van der Waals surface area contributed by atoms with Gasteiger partial charge in [-0.15, -0.1) is 0 Å². The average molecular weight is 330 g/mol. The lowest BCUT2D eigenvalue weighted by molar-refractivity contribution is 0.104. The fraction of sp³-hybridized carbons (Fsp3) is 0.150. The van der Waals surface area contributed by atoms with Crippen molar-refractivity contribution in [3.63, 3.8) is 0 Å². The SMILES string of the molecule is CN(C)Cc1ccc2c(c1)-c1nc(N)nc(-c3ccccc3)c1C2=O. The second-order valence-electron chi connectivity index (χ2n) is 6.47. The predicted molar refractivity (Wildman–Crippen MR) is 98.1 cm³/mol. The molecule has 0 aliphatic heterocycles. The van der Waals surface area contributed by atoms with Gasteiger partial charge in [-0.1, -0.05) is 42.5 Å². The van der Waals surface area contributed by atoms with Gasteiger partial charge in [-0.25, -0.2) is 9.97 Å². The predicted octanol–water partition coefficient (Wildman–Crippen LogP) is 3.00. The summed E-state index contributed by atoms with van der Waals surface area (Å²) in [6.07, 6.45) is 0. The topological polar surface area (TPSA) is 72.1 Å². The van der Waals surface area contributed by atoms with E-state index < -0.39 is 0 Å².